The quantitative estimate of drug-likeness (QED) is 0.825. The molecule has 0 unspecified atom stereocenters. The molecule has 2 fully saturated rings. The molecule has 0 heterocycles. The topological polar surface area (TPSA) is 55.1 Å². The van der Waals surface area contributed by atoms with Crippen LogP contribution < -0.4 is 11.1 Å². The molecule has 19 heavy (non-hydrogen) atoms. The molecule has 0 aromatic rings. The number of hydrogen-bond donors (Lipinski definition) is 2. The van der Waals surface area contributed by atoms with E-state index in [-0.39, 0.29) is 11.3 Å². The van der Waals surface area contributed by atoms with Gasteiger partial charge >= 0.3 is 0 Å². The minimum Gasteiger partial charge on any atom is -0.353 e. The summed E-state index contributed by atoms with van der Waals surface area (Å²) >= 11 is 0. The molecule has 3 N–H and O–H groups in total. The number of amides is 1. The summed E-state index contributed by atoms with van der Waals surface area (Å²) < 4.78 is 0. The van der Waals surface area contributed by atoms with Crippen molar-refractivity contribution < 1.29 is 4.79 Å². The maximum Gasteiger partial charge on any atom is 0.227 e. The SMILES string of the molecule is CC1CCC(NC(=O)C2(CN)CCC(C)CC2)CC1. The average Bonchev–Trinajstić information content (AvgIpc) is 2.42. The molecule has 110 valence electrons. The molecule has 0 saturated heterocycles. The first-order valence-electron chi connectivity index (χ1n) is 8.07. The molecule has 3 heteroatoms. The molecule has 3 nitrogen and oxygen atoms in total. The van der Waals surface area contributed by atoms with E-state index < -0.39 is 0 Å². The summed E-state index contributed by atoms with van der Waals surface area (Å²) in [5.41, 5.74) is 5.68. The zero-order chi connectivity index (χ0) is 13.9. The van der Waals surface area contributed by atoms with Crippen LogP contribution in [0.15, 0.2) is 0 Å². The van der Waals surface area contributed by atoms with Crippen molar-refractivity contribution in [1.29, 1.82) is 0 Å². The van der Waals surface area contributed by atoms with Crippen molar-refractivity contribution in [3.05, 3.63) is 0 Å². The Morgan fingerprint density at radius 3 is 2.11 bits per heavy atom. The zero-order valence-corrected chi connectivity index (χ0v) is 12.6. The van der Waals surface area contributed by atoms with Crippen molar-refractivity contribution in [2.24, 2.45) is 23.0 Å². The van der Waals surface area contributed by atoms with Gasteiger partial charge in [0.2, 0.25) is 5.91 Å². The molecule has 0 radical (unpaired) electrons. The fourth-order valence-corrected chi connectivity index (χ4v) is 3.58. The molecule has 2 rings (SSSR count). The third-order valence-electron chi connectivity index (χ3n) is 5.45. The molecule has 0 atom stereocenters. The number of carbonyl (C=O) groups is 1. The van der Waals surface area contributed by atoms with Gasteiger partial charge in [-0.2, -0.15) is 0 Å². The van der Waals surface area contributed by atoms with Gasteiger partial charge in [0.1, 0.15) is 0 Å². The van der Waals surface area contributed by atoms with Gasteiger partial charge in [0.25, 0.3) is 0 Å². The van der Waals surface area contributed by atoms with E-state index in [4.69, 9.17) is 5.73 Å². The van der Waals surface area contributed by atoms with Crippen LogP contribution in [0.1, 0.15) is 65.2 Å². The van der Waals surface area contributed by atoms with E-state index in [1.165, 1.54) is 12.8 Å². The highest BCUT2D eigenvalue weighted by Gasteiger charge is 2.40. The van der Waals surface area contributed by atoms with Crippen LogP contribution in [0, 0.1) is 17.3 Å². The normalized spacial score (nSPS) is 39.8. The molecule has 0 aliphatic heterocycles. The number of nitrogens with one attached hydrogen (secondary N) is 1. The van der Waals surface area contributed by atoms with E-state index in [2.05, 4.69) is 19.2 Å². The summed E-state index contributed by atoms with van der Waals surface area (Å²) in [6.45, 7) is 5.09. The number of rotatable bonds is 3. The lowest BCUT2D eigenvalue weighted by atomic mass is 9.70. The lowest BCUT2D eigenvalue weighted by Crippen LogP contribution is -2.51. The van der Waals surface area contributed by atoms with Gasteiger partial charge in [-0.15, -0.1) is 0 Å². The van der Waals surface area contributed by atoms with E-state index >= 15 is 0 Å². The highest BCUT2D eigenvalue weighted by atomic mass is 16.2. The predicted octanol–water partition coefficient (Wildman–Crippen LogP) is 2.84. The van der Waals surface area contributed by atoms with Gasteiger partial charge in [0.15, 0.2) is 0 Å². The van der Waals surface area contributed by atoms with Gasteiger partial charge in [-0.05, 0) is 63.2 Å². The molecule has 2 aliphatic carbocycles. The van der Waals surface area contributed by atoms with Crippen molar-refractivity contribution in [3.8, 4) is 0 Å². The van der Waals surface area contributed by atoms with E-state index in [9.17, 15) is 4.79 Å². The monoisotopic (exact) mass is 266 g/mol. The fourth-order valence-electron chi connectivity index (χ4n) is 3.58. The van der Waals surface area contributed by atoms with Gasteiger partial charge in [-0.1, -0.05) is 13.8 Å². The zero-order valence-electron chi connectivity index (χ0n) is 12.6. The smallest absolute Gasteiger partial charge is 0.227 e. The molecular weight excluding hydrogens is 236 g/mol. The maximum atomic E-state index is 12.6. The Balaban J connectivity index is 1.90. The first kappa shape index (κ1) is 14.8. The largest absolute Gasteiger partial charge is 0.353 e. The van der Waals surface area contributed by atoms with Gasteiger partial charge in [-0.3, -0.25) is 4.79 Å². The summed E-state index contributed by atoms with van der Waals surface area (Å²) in [6, 6.07) is 0.395. The molecule has 0 aromatic carbocycles. The first-order chi connectivity index (χ1) is 9.05. The lowest BCUT2D eigenvalue weighted by molar-refractivity contribution is -0.133. The average molecular weight is 266 g/mol. The summed E-state index contributed by atoms with van der Waals surface area (Å²) in [5.74, 6) is 1.82. The highest BCUT2D eigenvalue weighted by molar-refractivity contribution is 5.83. The van der Waals surface area contributed by atoms with Gasteiger partial charge < -0.3 is 11.1 Å². The second kappa shape index (κ2) is 6.25. The Morgan fingerprint density at radius 1 is 1.05 bits per heavy atom. The van der Waals surface area contributed by atoms with Crippen molar-refractivity contribution in [2.45, 2.75) is 71.3 Å². The Kier molecular flexibility index (Phi) is 4.88. The summed E-state index contributed by atoms with van der Waals surface area (Å²) in [5, 5.41) is 3.30. The van der Waals surface area contributed by atoms with Crippen LogP contribution in [0.4, 0.5) is 0 Å². The number of nitrogens with two attached hydrogens (primary N) is 1. The Hall–Kier alpha value is -0.570. The van der Waals surface area contributed by atoms with Gasteiger partial charge in [-0.25, -0.2) is 0 Å². The van der Waals surface area contributed by atoms with E-state index in [1.807, 2.05) is 0 Å². The second-order valence-electron chi connectivity index (χ2n) is 7.10. The van der Waals surface area contributed by atoms with Crippen molar-refractivity contribution in [3.63, 3.8) is 0 Å². The molecule has 0 spiro atoms. The van der Waals surface area contributed by atoms with Crippen LogP contribution in [0.25, 0.3) is 0 Å². The van der Waals surface area contributed by atoms with Gasteiger partial charge in [0, 0.05) is 12.6 Å². The van der Waals surface area contributed by atoms with Crippen LogP contribution in [0.2, 0.25) is 0 Å². The van der Waals surface area contributed by atoms with Crippen LogP contribution in [0.5, 0.6) is 0 Å². The van der Waals surface area contributed by atoms with Crippen LogP contribution >= 0.6 is 0 Å². The standard InChI is InChI=1S/C16H30N2O/c1-12-3-5-14(6-4-12)18-15(19)16(11-17)9-7-13(2)8-10-16/h12-14H,3-11,17H2,1-2H3,(H,18,19). The Labute approximate surface area is 117 Å². The van der Waals surface area contributed by atoms with E-state index in [0.717, 1.165) is 50.4 Å². The highest BCUT2D eigenvalue weighted by Crippen LogP contribution is 2.38. The summed E-state index contributed by atoms with van der Waals surface area (Å²) in [4.78, 5) is 12.6. The minimum atomic E-state index is -0.268. The molecule has 1 amide bonds. The molecular formula is C16H30N2O. The van der Waals surface area contributed by atoms with E-state index in [0.29, 0.717) is 12.6 Å². The van der Waals surface area contributed by atoms with Crippen LogP contribution in [-0.2, 0) is 4.79 Å². The molecule has 2 saturated carbocycles. The second-order valence-corrected chi connectivity index (χ2v) is 7.10. The molecule has 2 aliphatic rings. The van der Waals surface area contributed by atoms with Crippen LogP contribution in [-0.4, -0.2) is 18.5 Å². The van der Waals surface area contributed by atoms with Gasteiger partial charge in [0.05, 0.1) is 5.41 Å². The Bertz CT molecular complexity index is 300. The molecule has 0 bridgehead atoms. The summed E-state index contributed by atoms with van der Waals surface area (Å²) in [6.07, 6.45) is 9.01. The maximum absolute atomic E-state index is 12.6. The summed E-state index contributed by atoms with van der Waals surface area (Å²) in [7, 11) is 0. The Morgan fingerprint density at radius 2 is 1.58 bits per heavy atom. The third-order valence-corrected chi connectivity index (χ3v) is 5.45. The predicted molar refractivity (Wildman–Crippen MR) is 78.7 cm³/mol. The first-order valence-corrected chi connectivity index (χ1v) is 8.07. The van der Waals surface area contributed by atoms with E-state index in [1.54, 1.807) is 0 Å². The molecule has 0 aromatic heterocycles. The lowest BCUT2D eigenvalue weighted by Gasteiger charge is -2.39. The van der Waals surface area contributed by atoms with Crippen molar-refractivity contribution >= 4 is 5.91 Å². The third kappa shape index (κ3) is 3.50. The van der Waals surface area contributed by atoms with Crippen LogP contribution in [0.3, 0.4) is 0 Å². The van der Waals surface area contributed by atoms with Crippen molar-refractivity contribution in [2.75, 3.05) is 6.54 Å². The number of hydrogen-bond acceptors (Lipinski definition) is 2. The fraction of sp³-hybridized carbons (Fsp3) is 0.938. The van der Waals surface area contributed by atoms with Crippen molar-refractivity contribution in [1.82, 2.24) is 5.32 Å². The minimum absolute atomic E-state index is 0.237. The number of carbonyl (C=O) groups excluding carboxylic acids is 1.